The predicted molar refractivity (Wildman–Crippen MR) is 77.4 cm³/mol. The summed E-state index contributed by atoms with van der Waals surface area (Å²) in [6.07, 6.45) is 2.25. The van der Waals surface area contributed by atoms with Gasteiger partial charge in [0.25, 0.3) is 5.91 Å². The average Bonchev–Trinajstić information content (AvgIpc) is 2.42. The van der Waals surface area contributed by atoms with Gasteiger partial charge in [0.05, 0.1) is 5.69 Å². The number of rotatable bonds is 4. The van der Waals surface area contributed by atoms with Gasteiger partial charge in [-0.2, -0.15) is 0 Å². The van der Waals surface area contributed by atoms with Crippen molar-refractivity contribution in [2.75, 3.05) is 17.2 Å². The minimum Gasteiger partial charge on any atom is -0.475 e. The number of anilines is 2. The normalized spacial score (nSPS) is 17.0. The molecule has 0 atom stereocenters. The van der Waals surface area contributed by atoms with Crippen LogP contribution in [0, 0.1) is 0 Å². The van der Waals surface area contributed by atoms with E-state index in [1.165, 1.54) is 0 Å². The first-order valence-electron chi connectivity index (χ1n) is 6.98. The summed E-state index contributed by atoms with van der Waals surface area (Å²) in [5.41, 5.74) is 6.55. The highest BCUT2D eigenvalue weighted by Gasteiger charge is 2.45. The molecule has 1 aliphatic heterocycles. The van der Waals surface area contributed by atoms with Crippen LogP contribution >= 0.6 is 0 Å². The summed E-state index contributed by atoms with van der Waals surface area (Å²) in [6, 6.07) is 5.49. The summed E-state index contributed by atoms with van der Waals surface area (Å²) in [4.78, 5) is 14.6. The first-order valence-corrected chi connectivity index (χ1v) is 6.98. The lowest BCUT2D eigenvalue weighted by molar-refractivity contribution is -0.136. The lowest BCUT2D eigenvalue weighted by Crippen LogP contribution is -2.55. The van der Waals surface area contributed by atoms with Crippen molar-refractivity contribution in [2.24, 2.45) is 0 Å². The Balaban J connectivity index is 2.52. The SMILES string of the molecule is CCCN1C(=O)C(CC)(CC)Oc2ccc(N)cc21. The van der Waals surface area contributed by atoms with E-state index in [9.17, 15) is 4.79 Å². The van der Waals surface area contributed by atoms with Crippen LogP contribution in [0.3, 0.4) is 0 Å². The van der Waals surface area contributed by atoms with Crippen LogP contribution in [-0.2, 0) is 4.79 Å². The lowest BCUT2D eigenvalue weighted by atomic mass is 9.92. The topological polar surface area (TPSA) is 55.6 Å². The van der Waals surface area contributed by atoms with Crippen molar-refractivity contribution in [2.45, 2.75) is 45.6 Å². The number of benzene rings is 1. The number of ether oxygens (including phenoxy) is 1. The van der Waals surface area contributed by atoms with Crippen molar-refractivity contribution in [1.82, 2.24) is 0 Å². The fraction of sp³-hybridized carbons (Fsp3) is 0.533. The van der Waals surface area contributed by atoms with Crippen molar-refractivity contribution in [1.29, 1.82) is 0 Å². The molecule has 19 heavy (non-hydrogen) atoms. The molecule has 2 N–H and O–H groups in total. The fourth-order valence-electron chi connectivity index (χ4n) is 2.58. The molecule has 4 nitrogen and oxygen atoms in total. The summed E-state index contributed by atoms with van der Waals surface area (Å²) in [5, 5.41) is 0. The van der Waals surface area contributed by atoms with Gasteiger partial charge in [-0.15, -0.1) is 0 Å². The van der Waals surface area contributed by atoms with Crippen LogP contribution in [0.15, 0.2) is 18.2 Å². The summed E-state index contributed by atoms with van der Waals surface area (Å²) in [6.45, 7) is 6.75. The van der Waals surface area contributed by atoms with Crippen LogP contribution < -0.4 is 15.4 Å². The van der Waals surface area contributed by atoms with Crippen LogP contribution in [0.25, 0.3) is 0 Å². The summed E-state index contributed by atoms with van der Waals surface area (Å²) < 4.78 is 6.01. The van der Waals surface area contributed by atoms with Gasteiger partial charge in [-0.3, -0.25) is 4.79 Å². The molecule has 0 aliphatic carbocycles. The molecule has 0 radical (unpaired) electrons. The second-order valence-electron chi connectivity index (χ2n) is 4.99. The van der Waals surface area contributed by atoms with E-state index in [1.54, 1.807) is 0 Å². The molecule has 0 unspecified atom stereocenters. The monoisotopic (exact) mass is 262 g/mol. The molecule has 2 rings (SSSR count). The molecular weight excluding hydrogens is 240 g/mol. The first kappa shape index (κ1) is 13.7. The van der Waals surface area contributed by atoms with E-state index < -0.39 is 5.60 Å². The number of nitrogens with zero attached hydrogens (tertiary/aromatic N) is 1. The second-order valence-corrected chi connectivity index (χ2v) is 4.99. The number of fused-ring (bicyclic) bond motifs is 1. The van der Waals surface area contributed by atoms with Gasteiger partial charge in [-0.1, -0.05) is 20.8 Å². The third kappa shape index (κ3) is 2.15. The largest absolute Gasteiger partial charge is 0.475 e. The number of nitrogens with two attached hydrogens (primary N) is 1. The maximum Gasteiger partial charge on any atom is 0.271 e. The third-order valence-electron chi connectivity index (χ3n) is 3.80. The van der Waals surface area contributed by atoms with Crippen LogP contribution in [0.4, 0.5) is 11.4 Å². The third-order valence-corrected chi connectivity index (χ3v) is 3.80. The van der Waals surface area contributed by atoms with Gasteiger partial charge >= 0.3 is 0 Å². The lowest BCUT2D eigenvalue weighted by Gasteiger charge is -2.42. The van der Waals surface area contributed by atoms with E-state index in [-0.39, 0.29) is 5.91 Å². The maximum absolute atomic E-state index is 12.7. The number of nitrogen functional groups attached to an aromatic ring is 1. The Hall–Kier alpha value is -1.71. The van der Waals surface area contributed by atoms with Crippen molar-refractivity contribution in [3.63, 3.8) is 0 Å². The Bertz CT molecular complexity index is 481. The molecular formula is C15H22N2O2. The van der Waals surface area contributed by atoms with Crippen LogP contribution in [0.2, 0.25) is 0 Å². The molecule has 1 amide bonds. The Morgan fingerprint density at radius 2 is 1.95 bits per heavy atom. The van der Waals surface area contributed by atoms with E-state index in [0.29, 0.717) is 25.1 Å². The van der Waals surface area contributed by atoms with Gasteiger partial charge < -0.3 is 15.4 Å². The highest BCUT2D eigenvalue weighted by Crippen LogP contribution is 2.41. The van der Waals surface area contributed by atoms with Gasteiger partial charge in [-0.05, 0) is 37.5 Å². The minimum atomic E-state index is -0.724. The molecule has 0 saturated heterocycles. The molecule has 1 heterocycles. The summed E-state index contributed by atoms with van der Waals surface area (Å²) in [7, 11) is 0. The molecule has 0 saturated carbocycles. The average molecular weight is 262 g/mol. The van der Waals surface area contributed by atoms with Gasteiger partial charge in [0.15, 0.2) is 5.60 Å². The van der Waals surface area contributed by atoms with Gasteiger partial charge in [-0.25, -0.2) is 0 Å². The molecule has 104 valence electrons. The summed E-state index contributed by atoms with van der Waals surface area (Å²) in [5.74, 6) is 0.809. The zero-order valence-corrected chi connectivity index (χ0v) is 11.9. The Labute approximate surface area is 114 Å². The standard InChI is InChI=1S/C15H22N2O2/c1-4-9-17-12-10-11(16)7-8-13(12)19-15(5-2,6-3)14(17)18/h7-8,10H,4-6,9,16H2,1-3H3. The molecule has 0 fully saturated rings. The number of hydrogen-bond acceptors (Lipinski definition) is 3. The smallest absolute Gasteiger partial charge is 0.271 e. The van der Waals surface area contributed by atoms with E-state index in [0.717, 1.165) is 17.9 Å². The Morgan fingerprint density at radius 1 is 1.26 bits per heavy atom. The number of carbonyl (C=O) groups excluding carboxylic acids is 1. The van der Waals surface area contributed by atoms with Crippen molar-refractivity contribution >= 4 is 17.3 Å². The molecule has 1 aliphatic rings. The van der Waals surface area contributed by atoms with Crippen molar-refractivity contribution in [3.8, 4) is 5.75 Å². The van der Waals surface area contributed by atoms with Crippen LogP contribution in [-0.4, -0.2) is 18.1 Å². The fourth-order valence-corrected chi connectivity index (χ4v) is 2.58. The zero-order valence-electron chi connectivity index (χ0n) is 11.9. The summed E-state index contributed by atoms with van der Waals surface area (Å²) >= 11 is 0. The molecule has 1 aromatic carbocycles. The predicted octanol–water partition coefficient (Wildman–Crippen LogP) is 2.96. The molecule has 1 aromatic rings. The number of amides is 1. The highest BCUT2D eigenvalue weighted by molar-refractivity contribution is 6.03. The number of carbonyl (C=O) groups is 1. The second kappa shape index (κ2) is 5.11. The molecule has 0 bridgehead atoms. The highest BCUT2D eigenvalue weighted by atomic mass is 16.5. The Morgan fingerprint density at radius 3 is 2.53 bits per heavy atom. The van der Waals surface area contributed by atoms with E-state index in [4.69, 9.17) is 10.5 Å². The van der Waals surface area contributed by atoms with Crippen LogP contribution in [0.1, 0.15) is 40.0 Å². The van der Waals surface area contributed by atoms with E-state index >= 15 is 0 Å². The number of hydrogen-bond donors (Lipinski definition) is 1. The van der Waals surface area contributed by atoms with Gasteiger partial charge in [0, 0.05) is 12.2 Å². The zero-order chi connectivity index (χ0) is 14.0. The van der Waals surface area contributed by atoms with Gasteiger partial charge in [0.2, 0.25) is 0 Å². The van der Waals surface area contributed by atoms with E-state index in [2.05, 4.69) is 6.92 Å². The maximum atomic E-state index is 12.7. The van der Waals surface area contributed by atoms with Gasteiger partial charge in [0.1, 0.15) is 5.75 Å². The molecule has 0 aromatic heterocycles. The van der Waals surface area contributed by atoms with Crippen molar-refractivity contribution in [3.05, 3.63) is 18.2 Å². The van der Waals surface area contributed by atoms with E-state index in [1.807, 2.05) is 36.9 Å². The first-order chi connectivity index (χ1) is 9.07. The molecule has 4 heteroatoms. The minimum absolute atomic E-state index is 0.0532. The molecule has 0 spiro atoms. The quantitative estimate of drug-likeness (QED) is 0.849. The van der Waals surface area contributed by atoms with Crippen LogP contribution in [0.5, 0.6) is 5.75 Å². The van der Waals surface area contributed by atoms with Crippen molar-refractivity contribution < 1.29 is 9.53 Å². The Kier molecular flexibility index (Phi) is 3.69.